The average Bonchev–Trinajstić information content (AvgIpc) is 3.04. The molecule has 188 valence electrons. The van der Waals surface area contributed by atoms with Crippen molar-refractivity contribution in [1.29, 1.82) is 0 Å². The first-order chi connectivity index (χ1) is 16.6. The largest absolute Gasteiger partial charge is 0.475 e. The number of nitrogens with one attached hydrogen (secondary N) is 1. The molecule has 2 aliphatic rings. The van der Waals surface area contributed by atoms with Gasteiger partial charge in [0.2, 0.25) is 5.72 Å². The van der Waals surface area contributed by atoms with Gasteiger partial charge in [-0.15, -0.1) is 0 Å². The van der Waals surface area contributed by atoms with Gasteiger partial charge in [0.25, 0.3) is 5.56 Å². The van der Waals surface area contributed by atoms with Crippen LogP contribution in [0.3, 0.4) is 0 Å². The standard InChI is InChI=1S/C18H18ClFN5O9P/c19-9-2-1-3-10(20)13(9)11-5-7-31-35(30,34-11)32-8-18(23-24-21)15(28)14(27)16(33-18)25-6-4-12(26)22-17(25)29/h1-4,6,11,14-16,27-28H,5,7-8H2,(H,22,26,29)/t11-,14-,15+,16-,18-,35+/m1/s1. The number of ether oxygens (including phenoxy) is 1. The van der Waals surface area contributed by atoms with Crippen LogP contribution >= 0.6 is 19.4 Å². The monoisotopic (exact) mass is 533 g/mol. The first kappa shape index (κ1) is 25.5. The molecule has 2 aliphatic heterocycles. The average molecular weight is 534 g/mol. The number of aromatic amines is 1. The van der Waals surface area contributed by atoms with Crippen LogP contribution in [0.5, 0.6) is 0 Å². The number of benzene rings is 1. The Morgan fingerprint density at radius 1 is 1.40 bits per heavy atom. The normalized spacial score (nSPS) is 32.8. The predicted octanol–water partition coefficient (Wildman–Crippen LogP) is 1.89. The molecule has 4 rings (SSSR count). The lowest BCUT2D eigenvalue weighted by Crippen LogP contribution is -2.45. The molecule has 0 unspecified atom stereocenters. The Balaban J connectivity index is 1.57. The van der Waals surface area contributed by atoms with Crippen LogP contribution in [0.1, 0.15) is 24.3 Å². The summed E-state index contributed by atoms with van der Waals surface area (Å²) < 4.78 is 49.4. The van der Waals surface area contributed by atoms with Crippen LogP contribution in [0, 0.1) is 5.82 Å². The van der Waals surface area contributed by atoms with E-state index in [-0.39, 0.29) is 23.6 Å². The summed E-state index contributed by atoms with van der Waals surface area (Å²) in [7, 11) is -4.44. The molecular weight excluding hydrogens is 516 g/mol. The highest BCUT2D eigenvalue weighted by Gasteiger charge is 2.56. The topological polar surface area (TPSA) is 198 Å². The first-order valence-electron chi connectivity index (χ1n) is 10.0. The molecular formula is C18H18ClFN5O9P. The Morgan fingerprint density at radius 3 is 2.86 bits per heavy atom. The van der Waals surface area contributed by atoms with E-state index in [0.717, 1.165) is 22.9 Å². The van der Waals surface area contributed by atoms with E-state index in [1.54, 1.807) is 0 Å². The molecule has 2 saturated heterocycles. The molecule has 17 heteroatoms. The number of H-pyrrole nitrogens is 1. The van der Waals surface area contributed by atoms with Crippen molar-refractivity contribution < 1.29 is 37.5 Å². The molecule has 0 spiro atoms. The number of hydrogen-bond donors (Lipinski definition) is 3. The van der Waals surface area contributed by atoms with Gasteiger partial charge in [-0.3, -0.25) is 27.9 Å². The van der Waals surface area contributed by atoms with Crippen LogP contribution in [0.2, 0.25) is 5.02 Å². The van der Waals surface area contributed by atoms with Crippen LogP contribution in [0.4, 0.5) is 4.39 Å². The van der Waals surface area contributed by atoms with Crippen LogP contribution in [-0.2, 0) is 22.9 Å². The summed E-state index contributed by atoms with van der Waals surface area (Å²) in [5, 5.41) is 24.4. The third kappa shape index (κ3) is 4.91. The minimum atomic E-state index is -4.44. The van der Waals surface area contributed by atoms with Crippen LogP contribution in [0.15, 0.2) is 45.2 Å². The number of phosphoric acid groups is 1. The lowest BCUT2D eigenvalue weighted by atomic mass is 10.1. The van der Waals surface area contributed by atoms with Crippen molar-refractivity contribution in [3.8, 4) is 0 Å². The molecule has 1 aromatic heterocycles. The van der Waals surface area contributed by atoms with E-state index in [9.17, 15) is 28.8 Å². The number of aromatic nitrogens is 2. The van der Waals surface area contributed by atoms with E-state index in [1.165, 1.54) is 12.1 Å². The van der Waals surface area contributed by atoms with Crippen LogP contribution < -0.4 is 11.2 Å². The highest BCUT2D eigenvalue weighted by atomic mass is 35.5. The van der Waals surface area contributed by atoms with Gasteiger partial charge in [0.05, 0.1) is 13.2 Å². The summed E-state index contributed by atoms with van der Waals surface area (Å²) in [5.74, 6) is -0.701. The van der Waals surface area contributed by atoms with Gasteiger partial charge in [0, 0.05) is 34.2 Å². The molecule has 1 aromatic carbocycles. The van der Waals surface area contributed by atoms with Gasteiger partial charge < -0.3 is 14.9 Å². The van der Waals surface area contributed by atoms with Gasteiger partial charge in [0.15, 0.2) is 6.23 Å². The number of aliphatic hydroxyl groups is 2. The number of aliphatic hydroxyl groups excluding tert-OH is 2. The zero-order chi connectivity index (χ0) is 25.4. The fourth-order valence-electron chi connectivity index (χ4n) is 3.69. The summed E-state index contributed by atoms with van der Waals surface area (Å²) in [5.41, 5.74) is 4.87. The summed E-state index contributed by atoms with van der Waals surface area (Å²) in [6.07, 6.45) is -5.46. The van der Waals surface area contributed by atoms with Crippen LogP contribution in [0.25, 0.3) is 10.4 Å². The summed E-state index contributed by atoms with van der Waals surface area (Å²) >= 11 is 6.05. The van der Waals surface area contributed by atoms with Gasteiger partial charge >= 0.3 is 13.5 Å². The summed E-state index contributed by atoms with van der Waals surface area (Å²) in [6.45, 7) is -1.14. The third-order valence-electron chi connectivity index (χ3n) is 5.38. The van der Waals surface area contributed by atoms with E-state index in [0.29, 0.717) is 0 Å². The van der Waals surface area contributed by atoms with E-state index in [2.05, 4.69) is 10.0 Å². The second kappa shape index (κ2) is 9.82. The number of nitrogens with zero attached hydrogens (tertiary/aromatic N) is 4. The lowest BCUT2D eigenvalue weighted by Gasteiger charge is -2.32. The molecule has 3 N–H and O–H groups in total. The van der Waals surface area contributed by atoms with Crippen LogP contribution in [-0.4, -0.2) is 50.9 Å². The molecule has 0 radical (unpaired) electrons. The molecule has 0 saturated carbocycles. The van der Waals surface area contributed by atoms with Crippen molar-refractivity contribution in [3.63, 3.8) is 0 Å². The van der Waals surface area contributed by atoms with Gasteiger partial charge in [-0.2, -0.15) is 0 Å². The van der Waals surface area contributed by atoms with Crippen molar-refractivity contribution >= 4 is 19.4 Å². The number of rotatable bonds is 6. The number of azide groups is 1. The lowest BCUT2D eigenvalue weighted by molar-refractivity contribution is -0.127. The molecule has 35 heavy (non-hydrogen) atoms. The van der Waals surface area contributed by atoms with Crippen molar-refractivity contribution in [2.45, 2.75) is 36.7 Å². The van der Waals surface area contributed by atoms with Crippen molar-refractivity contribution in [1.82, 2.24) is 9.55 Å². The van der Waals surface area contributed by atoms with E-state index >= 15 is 0 Å². The molecule has 14 nitrogen and oxygen atoms in total. The van der Waals surface area contributed by atoms with Crippen molar-refractivity contribution in [2.75, 3.05) is 13.2 Å². The third-order valence-corrected chi connectivity index (χ3v) is 7.17. The van der Waals surface area contributed by atoms with Crippen molar-refractivity contribution in [3.05, 3.63) is 78.1 Å². The Hall–Kier alpha value is -2.58. The minimum absolute atomic E-state index is 0.0286. The maximum atomic E-state index is 14.3. The number of phosphoric ester groups is 1. The maximum Gasteiger partial charge on any atom is 0.475 e. The minimum Gasteiger partial charge on any atom is -0.387 e. The molecule has 0 bridgehead atoms. The second-order valence-electron chi connectivity index (χ2n) is 7.57. The van der Waals surface area contributed by atoms with Gasteiger partial charge in [-0.05, 0) is 17.7 Å². The van der Waals surface area contributed by atoms with Gasteiger partial charge in [0.1, 0.15) is 24.1 Å². The van der Waals surface area contributed by atoms with E-state index in [1.807, 2.05) is 4.98 Å². The first-order valence-corrected chi connectivity index (χ1v) is 11.9. The molecule has 0 aliphatic carbocycles. The van der Waals surface area contributed by atoms with Gasteiger partial charge in [-0.1, -0.05) is 22.8 Å². The van der Waals surface area contributed by atoms with E-state index < -0.39 is 61.8 Å². The Kier molecular flexibility index (Phi) is 7.16. The Morgan fingerprint density at radius 2 is 2.17 bits per heavy atom. The zero-order valence-corrected chi connectivity index (χ0v) is 19.2. The SMILES string of the molecule is [N-]=[N+]=N[C@]1(CO[P@]2(=O)OCC[C@H](c3c(F)cccc3Cl)O2)O[C@@H](n2ccc(=O)[nH]c2=O)[C@H](O)[C@@H]1O. The molecule has 0 amide bonds. The van der Waals surface area contributed by atoms with Gasteiger partial charge in [-0.25, -0.2) is 13.8 Å². The number of hydrogen-bond acceptors (Lipinski definition) is 10. The molecule has 6 atom stereocenters. The molecule has 3 heterocycles. The van der Waals surface area contributed by atoms with Crippen molar-refractivity contribution in [2.24, 2.45) is 5.11 Å². The quantitative estimate of drug-likeness (QED) is 0.215. The summed E-state index contributed by atoms with van der Waals surface area (Å²) in [4.78, 5) is 27.9. The predicted molar refractivity (Wildman–Crippen MR) is 115 cm³/mol. The molecule has 2 fully saturated rings. The second-order valence-corrected chi connectivity index (χ2v) is 9.60. The summed E-state index contributed by atoms with van der Waals surface area (Å²) in [6, 6.07) is 4.91. The highest BCUT2D eigenvalue weighted by Crippen LogP contribution is 2.58. The fraction of sp³-hybridized carbons (Fsp3) is 0.444. The zero-order valence-electron chi connectivity index (χ0n) is 17.6. The Labute approximate surface area is 200 Å². The highest BCUT2D eigenvalue weighted by molar-refractivity contribution is 7.48. The fourth-order valence-corrected chi connectivity index (χ4v) is 5.37. The Bertz CT molecular complexity index is 1310. The molecule has 2 aromatic rings. The maximum absolute atomic E-state index is 14.3. The smallest absolute Gasteiger partial charge is 0.387 e. The van der Waals surface area contributed by atoms with E-state index in [4.69, 9.17) is 35.4 Å². The number of halogens is 2.